The Labute approximate surface area is 362 Å². The van der Waals surface area contributed by atoms with E-state index in [9.17, 15) is 63.0 Å². The zero-order valence-corrected chi connectivity index (χ0v) is 36.2. The van der Waals surface area contributed by atoms with Crippen LogP contribution in [-0.4, -0.2) is 139 Å². The molecule has 1 heterocycles. The number of nitrogens with zero attached hydrogens (tertiary/aromatic N) is 1. The van der Waals surface area contributed by atoms with Gasteiger partial charge in [-0.15, -0.1) is 0 Å². The average molecular weight is 896 g/mol. The normalized spacial score (nSPS) is 15.0. The van der Waals surface area contributed by atoms with Crippen LogP contribution in [0.15, 0.2) is 12.5 Å². The third-order valence-corrected chi connectivity index (χ3v) is 9.28. The number of aliphatic carboxylic acids is 3. The van der Waals surface area contributed by atoms with Gasteiger partial charge < -0.3 is 69.0 Å². The van der Waals surface area contributed by atoms with Gasteiger partial charge >= 0.3 is 17.9 Å². The fourth-order valence-electron chi connectivity index (χ4n) is 5.69. The smallest absolute Gasteiger partial charge is 0.326 e. The van der Waals surface area contributed by atoms with Gasteiger partial charge in [-0.05, 0) is 37.5 Å². The van der Waals surface area contributed by atoms with Crippen molar-refractivity contribution in [3.05, 3.63) is 18.2 Å². The molecule has 1 rings (SSSR count). The van der Waals surface area contributed by atoms with Crippen molar-refractivity contribution in [3.8, 4) is 0 Å². The lowest BCUT2D eigenvalue weighted by Crippen LogP contribution is -2.60. The summed E-state index contributed by atoms with van der Waals surface area (Å²) in [5.74, 6) is -13.5. The second-order valence-electron chi connectivity index (χ2n) is 16.0. The molecule has 0 aliphatic heterocycles. The van der Waals surface area contributed by atoms with Crippen molar-refractivity contribution in [1.29, 1.82) is 0 Å². The van der Waals surface area contributed by atoms with Crippen molar-refractivity contribution in [3.63, 3.8) is 0 Å². The van der Waals surface area contributed by atoms with Crippen LogP contribution >= 0.6 is 0 Å². The van der Waals surface area contributed by atoms with E-state index in [1.54, 1.807) is 13.8 Å². The van der Waals surface area contributed by atoms with Crippen LogP contribution in [0.5, 0.6) is 0 Å². The van der Waals surface area contributed by atoms with E-state index in [4.69, 9.17) is 16.6 Å². The molecular weight excluding hydrogens is 834 g/mol. The van der Waals surface area contributed by atoms with Gasteiger partial charge in [0.15, 0.2) is 0 Å². The van der Waals surface area contributed by atoms with Crippen molar-refractivity contribution < 1.29 is 68.1 Å². The summed E-state index contributed by atoms with van der Waals surface area (Å²) < 4.78 is 0. The minimum atomic E-state index is -1.88. The number of carboxylic acid groups (broad SMARTS) is 3. The number of nitrogens with one attached hydrogen (secondary N) is 8. The molecule has 25 nitrogen and oxygen atoms in total. The maximum atomic E-state index is 13.7. The number of imidazole rings is 1. The highest BCUT2D eigenvalue weighted by Crippen LogP contribution is 2.10. The Kier molecular flexibility index (Phi) is 22.4. The minimum Gasteiger partial charge on any atom is -0.481 e. The summed E-state index contributed by atoms with van der Waals surface area (Å²) in [6, 6.07) is -11.8. The first-order valence-electron chi connectivity index (χ1n) is 20.0. The number of H-pyrrole nitrogens is 1. The summed E-state index contributed by atoms with van der Waals surface area (Å²) in [5, 5.41) is 44.2. The summed E-state index contributed by atoms with van der Waals surface area (Å²) in [5.41, 5.74) is 11.7. The van der Waals surface area contributed by atoms with Crippen LogP contribution in [0.2, 0.25) is 0 Å². The lowest BCUT2D eigenvalue weighted by molar-refractivity contribution is -0.147. The topological polar surface area (TPSA) is 413 Å². The predicted octanol–water partition coefficient (Wildman–Crippen LogP) is -3.65. The Morgan fingerprint density at radius 2 is 1.13 bits per heavy atom. The van der Waals surface area contributed by atoms with Gasteiger partial charge in [0, 0.05) is 24.7 Å². The minimum absolute atomic E-state index is 0.0828. The molecule has 63 heavy (non-hydrogen) atoms. The van der Waals surface area contributed by atoms with E-state index in [1.807, 2.05) is 19.2 Å². The van der Waals surface area contributed by atoms with Crippen LogP contribution < -0.4 is 48.7 Å². The van der Waals surface area contributed by atoms with Crippen molar-refractivity contribution in [2.75, 3.05) is 0 Å². The van der Waals surface area contributed by atoms with Crippen molar-refractivity contribution in [1.82, 2.24) is 47.2 Å². The lowest BCUT2D eigenvalue weighted by Gasteiger charge is -2.28. The molecule has 0 saturated carbocycles. The SMILES string of the molecule is CC(C)C[C@H](NC(=O)[C@@H](N)C(C)C)C(=O)N[C@@H](Cc1cnc[nH]1)C(=O)N[C@@H](C)C(=O)N[C@@H](CCC(=O)O)C(=O)N[C@@H](CC(N)=O)C(=O)N[C@H](C(=O)N[C@@H](CC(=O)O)C(=O)O)C(C)C. The number of hydrogen-bond donors (Lipinski definition) is 13. The molecule has 8 atom stereocenters. The molecule has 0 bridgehead atoms. The van der Waals surface area contributed by atoms with Gasteiger partial charge in [0.25, 0.3) is 0 Å². The van der Waals surface area contributed by atoms with E-state index in [0.717, 1.165) is 0 Å². The number of hydrogen-bond acceptors (Lipinski definition) is 13. The molecule has 1 aromatic heterocycles. The molecule has 0 aliphatic rings. The first-order chi connectivity index (χ1) is 29.2. The monoisotopic (exact) mass is 895 g/mol. The lowest BCUT2D eigenvalue weighted by atomic mass is 10.00. The number of primary amides is 1. The van der Waals surface area contributed by atoms with Gasteiger partial charge in [-0.3, -0.25) is 47.9 Å². The van der Waals surface area contributed by atoms with Crippen molar-refractivity contribution in [2.45, 2.75) is 135 Å². The molecule has 0 aromatic carbocycles. The predicted molar refractivity (Wildman–Crippen MR) is 219 cm³/mol. The van der Waals surface area contributed by atoms with Gasteiger partial charge in [-0.1, -0.05) is 41.5 Å². The highest BCUT2D eigenvalue weighted by molar-refractivity contribution is 5.99. The van der Waals surface area contributed by atoms with Crippen LogP contribution in [0.3, 0.4) is 0 Å². The van der Waals surface area contributed by atoms with E-state index in [2.05, 4.69) is 41.9 Å². The number of carboxylic acids is 3. The highest BCUT2D eigenvalue weighted by atomic mass is 16.4. The van der Waals surface area contributed by atoms with Gasteiger partial charge in [0.05, 0.1) is 25.2 Å². The van der Waals surface area contributed by atoms with Gasteiger partial charge in [-0.25, -0.2) is 9.78 Å². The molecule has 0 saturated heterocycles. The van der Waals surface area contributed by atoms with Gasteiger partial charge in [-0.2, -0.15) is 0 Å². The van der Waals surface area contributed by atoms with Crippen LogP contribution in [-0.2, 0) is 59.2 Å². The maximum absolute atomic E-state index is 13.7. The number of carbonyl (C=O) groups is 11. The van der Waals surface area contributed by atoms with E-state index in [1.165, 1.54) is 33.3 Å². The van der Waals surface area contributed by atoms with Crippen LogP contribution in [0.4, 0.5) is 0 Å². The molecule has 352 valence electrons. The number of rotatable bonds is 28. The van der Waals surface area contributed by atoms with Gasteiger partial charge in [0.2, 0.25) is 47.3 Å². The number of carbonyl (C=O) groups excluding carboxylic acids is 8. The number of nitrogens with two attached hydrogens (primary N) is 2. The Balaban J connectivity index is 3.31. The van der Waals surface area contributed by atoms with E-state index in [0.29, 0.717) is 5.69 Å². The van der Waals surface area contributed by atoms with Crippen LogP contribution in [0.25, 0.3) is 0 Å². The Hall–Kier alpha value is -6.66. The Bertz CT molecular complexity index is 1800. The van der Waals surface area contributed by atoms with Crippen molar-refractivity contribution >= 4 is 65.2 Å². The van der Waals surface area contributed by atoms with E-state index in [-0.39, 0.29) is 24.7 Å². The summed E-state index contributed by atoms with van der Waals surface area (Å²) in [4.78, 5) is 146. The average Bonchev–Trinajstić information content (AvgIpc) is 3.69. The maximum Gasteiger partial charge on any atom is 0.326 e. The molecule has 0 radical (unpaired) electrons. The summed E-state index contributed by atoms with van der Waals surface area (Å²) in [7, 11) is 0. The second-order valence-corrected chi connectivity index (χ2v) is 16.0. The van der Waals surface area contributed by atoms with Crippen LogP contribution in [0, 0.1) is 17.8 Å². The first kappa shape index (κ1) is 54.4. The fourth-order valence-corrected chi connectivity index (χ4v) is 5.69. The summed E-state index contributed by atoms with van der Waals surface area (Å²) in [6.07, 6.45) is -0.396. The summed E-state index contributed by atoms with van der Waals surface area (Å²) in [6.45, 7) is 11.2. The summed E-state index contributed by atoms with van der Waals surface area (Å²) >= 11 is 0. The molecule has 1 aromatic rings. The molecule has 25 heteroatoms. The second kappa shape index (κ2) is 26.0. The molecule has 0 fully saturated rings. The largest absolute Gasteiger partial charge is 0.481 e. The van der Waals surface area contributed by atoms with Gasteiger partial charge in [0.1, 0.15) is 42.3 Å². The number of aromatic amines is 1. The Morgan fingerprint density at radius 3 is 1.62 bits per heavy atom. The standard InChI is InChI=1S/C38H61N11O14/c1-16(2)10-22(47-36(60)29(40)17(3)4)34(58)45-23(11-20-14-41-15-42-20)33(57)43-19(7)31(55)44-21(8-9-27(51)52)32(56)46-24(12-26(39)50)35(59)49-30(18(5)6)37(61)48-25(38(62)63)13-28(53)54/h14-19,21-25,29-30H,8-13,40H2,1-7H3,(H2,39,50)(H,41,42)(H,43,57)(H,44,55)(H,45,58)(H,46,56)(H,47,60)(H,48,61)(H,49,59)(H,51,52)(H,53,54)(H,62,63)/t19-,21-,22-,23-,24-,25-,29-,30-/m0/s1. The molecular formula is C38H61N11O14. The first-order valence-corrected chi connectivity index (χ1v) is 20.0. The molecule has 0 unspecified atom stereocenters. The van der Waals surface area contributed by atoms with Crippen molar-refractivity contribution in [2.24, 2.45) is 29.2 Å². The van der Waals surface area contributed by atoms with E-state index >= 15 is 0 Å². The van der Waals surface area contributed by atoms with E-state index < -0.39 is 145 Å². The molecule has 0 spiro atoms. The quantitative estimate of drug-likeness (QED) is 0.0386. The van der Waals surface area contributed by atoms with Crippen LogP contribution in [0.1, 0.15) is 86.3 Å². The Morgan fingerprint density at radius 1 is 0.603 bits per heavy atom. The fraction of sp³-hybridized carbons (Fsp3) is 0.632. The number of aromatic nitrogens is 2. The molecule has 0 aliphatic carbocycles. The molecule has 15 N–H and O–H groups in total. The third kappa shape index (κ3) is 19.7. The molecule has 8 amide bonds. The third-order valence-electron chi connectivity index (χ3n) is 9.28. The number of amides is 8. The highest BCUT2D eigenvalue weighted by Gasteiger charge is 2.35. The zero-order chi connectivity index (χ0) is 48.3. The zero-order valence-electron chi connectivity index (χ0n) is 36.2.